The number of benzene rings is 2. The number of methoxy groups -OCH3 is 1. The maximum atomic E-state index is 11.8. The Balaban J connectivity index is 1.89. The average Bonchev–Trinajstić information content (AvgIpc) is 2.59. The van der Waals surface area contributed by atoms with E-state index in [-0.39, 0.29) is 0 Å². The summed E-state index contributed by atoms with van der Waals surface area (Å²) in [6, 6.07) is 14.4. The lowest BCUT2D eigenvalue weighted by Crippen LogP contribution is -2.03. The lowest BCUT2D eigenvalue weighted by atomic mass is 10.2. The van der Waals surface area contributed by atoms with E-state index in [0.717, 1.165) is 17.7 Å². The third kappa shape index (κ3) is 5.51. The zero-order valence-corrected chi connectivity index (χ0v) is 13.3. The molecule has 23 heavy (non-hydrogen) atoms. The van der Waals surface area contributed by atoms with Crippen LogP contribution >= 0.6 is 0 Å². The Morgan fingerprint density at radius 2 is 1.57 bits per heavy atom. The highest BCUT2D eigenvalue weighted by molar-refractivity contribution is 5.88. The molecule has 0 saturated carbocycles. The third-order valence-corrected chi connectivity index (χ3v) is 3.04. The fraction of sp³-hybridized carbons (Fsp3) is 0.211. The van der Waals surface area contributed by atoms with E-state index in [0.29, 0.717) is 18.1 Å². The molecule has 0 N–H and O–H groups in total. The SMILES string of the molecule is CCCOc1ccc(/C=C/C(=O)Oc2ccc(OC)cc2)cc1. The summed E-state index contributed by atoms with van der Waals surface area (Å²) in [4.78, 5) is 11.8. The number of ether oxygens (including phenoxy) is 3. The van der Waals surface area contributed by atoms with Gasteiger partial charge in [-0.25, -0.2) is 4.79 Å². The lowest BCUT2D eigenvalue weighted by Gasteiger charge is -2.04. The number of hydrogen-bond acceptors (Lipinski definition) is 4. The third-order valence-electron chi connectivity index (χ3n) is 3.04. The molecule has 0 radical (unpaired) electrons. The van der Waals surface area contributed by atoms with Crippen molar-refractivity contribution in [2.45, 2.75) is 13.3 Å². The first-order valence-electron chi connectivity index (χ1n) is 7.48. The van der Waals surface area contributed by atoms with Crippen LogP contribution in [0.5, 0.6) is 17.2 Å². The molecule has 4 heteroatoms. The minimum absolute atomic E-state index is 0.429. The molecule has 0 aliphatic carbocycles. The predicted molar refractivity (Wildman–Crippen MR) is 89.9 cm³/mol. The Hall–Kier alpha value is -2.75. The molecule has 0 aliphatic rings. The first kappa shape index (κ1) is 16.6. The molecule has 0 fully saturated rings. The maximum absolute atomic E-state index is 11.8. The van der Waals surface area contributed by atoms with E-state index in [9.17, 15) is 4.79 Å². The van der Waals surface area contributed by atoms with Gasteiger partial charge in [0.2, 0.25) is 0 Å². The molecule has 2 aromatic rings. The van der Waals surface area contributed by atoms with Crippen LogP contribution in [-0.2, 0) is 4.79 Å². The van der Waals surface area contributed by atoms with Crippen LogP contribution in [0, 0.1) is 0 Å². The van der Waals surface area contributed by atoms with E-state index in [2.05, 4.69) is 6.92 Å². The summed E-state index contributed by atoms with van der Waals surface area (Å²) >= 11 is 0. The van der Waals surface area contributed by atoms with E-state index < -0.39 is 5.97 Å². The van der Waals surface area contributed by atoms with Crippen LogP contribution in [0.2, 0.25) is 0 Å². The van der Waals surface area contributed by atoms with Crippen LogP contribution in [0.3, 0.4) is 0 Å². The topological polar surface area (TPSA) is 44.8 Å². The van der Waals surface area contributed by atoms with Gasteiger partial charge >= 0.3 is 5.97 Å². The highest BCUT2D eigenvalue weighted by Gasteiger charge is 2.01. The van der Waals surface area contributed by atoms with Crippen molar-refractivity contribution in [3.8, 4) is 17.2 Å². The molecule has 0 bridgehead atoms. The molecule has 4 nitrogen and oxygen atoms in total. The van der Waals surface area contributed by atoms with Crippen LogP contribution in [-0.4, -0.2) is 19.7 Å². The molecule has 120 valence electrons. The predicted octanol–water partition coefficient (Wildman–Crippen LogP) is 4.10. The standard InChI is InChI=1S/C19H20O4/c1-3-14-22-17-7-4-15(5-8-17)6-13-19(20)23-18-11-9-16(21-2)10-12-18/h4-13H,3,14H2,1-2H3/b13-6+. The molecule has 2 rings (SSSR count). The fourth-order valence-corrected chi connectivity index (χ4v) is 1.85. The molecular formula is C19H20O4. The van der Waals surface area contributed by atoms with E-state index in [1.54, 1.807) is 37.5 Å². The Morgan fingerprint density at radius 3 is 2.17 bits per heavy atom. The van der Waals surface area contributed by atoms with Crippen molar-refractivity contribution in [3.63, 3.8) is 0 Å². The quantitative estimate of drug-likeness (QED) is 0.438. The largest absolute Gasteiger partial charge is 0.497 e. The van der Waals surface area contributed by atoms with E-state index in [1.165, 1.54) is 6.08 Å². The monoisotopic (exact) mass is 312 g/mol. The summed E-state index contributed by atoms with van der Waals surface area (Å²) < 4.78 is 15.8. The van der Waals surface area contributed by atoms with Gasteiger partial charge in [0.25, 0.3) is 0 Å². The van der Waals surface area contributed by atoms with Crippen molar-refractivity contribution in [2.75, 3.05) is 13.7 Å². The van der Waals surface area contributed by atoms with E-state index in [4.69, 9.17) is 14.2 Å². The van der Waals surface area contributed by atoms with Crippen LogP contribution in [0.1, 0.15) is 18.9 Å². The van der Waals surface area contributed by atoms with Gasteiger partial charge in [0.15, 0.2) is 0 Å². The average molecular weight is 312 g/mol. The summed E-state index contributed by atoms with van der Waals surface area (Å²) in [6.45, 7) is 2.76. The van der Waals surface area contributed by atoms with Crippen molar-refractivity contribution in [1.82, 2.24) is 0 Å². The normalized spacial score (nSPS) is 10.5. The van der Waals surface area contributed by atoms with Gasteiger partial charge in [0.05, 0.1) is 13.7 Å². The van der Waals surface area contributed by atoms with Crippen molar-refractivity contribution < 1.29 is 19.0 Å². The Morgan fingerprint density at radius 1 is 0.957 bits per heavy atom. The summed E-state index contributed by atoms with van der Waals surface area (Å²) in [6.07, 6.45) is 4.07. The summed E-state index contributed by atoms with van der Waals surface area (Å²) in [5.74, 6) is 1.58. The van der Waals surface area contributed by atoms with Gasteiger partial charge in [0, 0.05) is 6.08 Å². The summed E-state index contributed by atoms with van der Waals surface area (Å²) in [7, 11) is 1.59. The van der Waals surface area contributed by atoms with Crippen molar-refractivity contribution in [3.05, 3.63) is 60.2 Å². The minimum Gasteiger partial charge on any atom is -0.497 e. The molecule has 0 saturated heterocycles. The molecule has 0 heterocycles. The van der Waals surface area contributed by atoms with Crippen molar-refractivity contribution >= 4 is 12.0 Å². The van der Waals surface area contributed by atoms with Crippen LogP contribution in [0.25, 0.3) is 6.08 Å². The zero-order chi connectivity index (χ0) is 16.5. The van der Waals surface area contributed by atoms with Gasteiger partial charge in [-0.2, -0.15) is 0 Å². The van der Waals surface area contributed by atoms with Crippen LogP contribution < -0.4 is 14.2 Å². The zero-order valence-electron chi connectivity index (χ0n) is 13.3. The van der Waals surface area contributed by atoms with Gasteiger partial charge in [-0.05, 0) is 54.5 Å². The molecule has 0 unspecified atom stereocenters. The number of esters is 1. The first-order valence-corrected chi connectivity index (χ1v) is 7.48. The minimum atomic E-state index is -0.429. The second-order valence-electron chi connectivity index (χ2n) is 4.85. The van der Waals surface area contributed by atoms with E-state index in [1.807, 2.05) is 24.3 Å². The van der Waals surface area contributed by atoms with Crippen molar-refractivity contribution in [1.29, 1.82) is 0 Å². The van der Waals surface area contributed by atoms with Gasteiger partial charge < -0.3 is 14.2 Å². The van der Waals surface area contributed by atoms with Crippen molar-refractivity contribution in [2.24, 2.45) is 0 Å². The molecule has 0 amide bonds. The van der Waals surface area contributed by atoms with Gasteiger partial charge in [-0.15, -0.1) is 0 Å². The maximum Gasteiger partial charge on any atom is 0.336 e. The molecule has 0 aromatic heterocycles. The Kier molecular flexibility index (Phi) is 6.24. The summed E-state index contributed by atoms with van der Waals surface area (Å²) in [5.41, 5.74) is 0.903. The number of hydrogen-bond donors (Lipinski definition) is 0. The Labute approximate surface area is 136 Å². The molecule has 0 spiro atoms. The molecule has 0 atom stereocenters. The highest BCUT2D eigenvalue weighted by atomic mass is 16.5. The first-order chi connectivity index (χ1) is 11.2. The van der Waals surface area contributed by atoms with Crippen LogP contribution in [0.15, 0.2) is 54.6 Å². The number of rotatable bonds is 7. The second kappa shape index (κ2) is 8.63. The molecule has 0 aliphatic heterocycles. The van der Waals surface area contributed by atoms with Crippen LogP contribution in [0.4, 0.5) is 0 Å². The number of carbonyl (C=O) groups is 1. The fourth-order valence-electron chi connectivity index (χ4n) is 1.85. The second-order valence-corrected chi connectivity index (χ2v) is 4.85. The molecular weight excluding hydrogens is 292 g/mol. The summed E-state index contributed by atoms with van der Waals surface area (Å²) in [5, 5.41) is 0. The highest BCUT2D eigenvalue weighted by Crippen LogP contribution is 2.17. The Bertz CT molecular complexity index is 642. The van der Waals surface area contributed by atoms with E-state index >= 15 is 0 Å². The van der Waals surface area contributed by atoms with Gasteiger partial charge in [-0.1, -0.05) is 19.1 Å². The number of carbonyl (C=O) groups excluding carboxylic acids is 1. The van der Waals surface area contributed by atoms with Gasteiger partial charge in [0.1, 0.15) is 17.2 Å². The smallest absolute Gasteiger partial charge is 0.336 e. The molecule has 2 aromatic carbocycles. The lowest BCUT2D eigenvalue weighted by molar-refractivity contribution is -0.128. The van der Waals surface area contributed by atoms with Gasteiger partial charge in [-0.3, -0.25) is 0 Å².